The molecule has 0 saturated heterocycles. The summed E-state index contributed by atoms with van der Waals surface area (Å²) in [5, 5.41) is 1.17. The first-order valence-corrected chi connectivity index (χ1v) is 7.60. The molecule has 0 aliphatic carbocycles. The summed E-state index contributed by atoms with van der Waals surface area (Å²) < 4.78 is 8.33. The van der Waals surface area contributed by atoms with Gasteiger partial charge >= 0.3 is 6.85 Å². The van der Waals surface area contributed by atoms with Crippen molar-refractivity contribution in [3.8, 4) is 0 Å². The Bertz CT molecular complexity index is 897. The highest BCUT2D eigenvalue weighted by Gasteiger charge is 2.37. The summed E-state index contributed by atoms with van der Waals surface area (Å²) in [5.74, 6) is 4.28. The van der Waals surface area contributed by atoms with Crippen LogP contribution in [0.25, 0.3) is 17.0 Å². The number of nitrogens with zero attached hydrogens (tertiary/aromatic N) is 2. The van der Waals surface area contributed by atoms with E-state index >= 15 is 0 Å². The Morgan fingerprint density at radius 2 is 1.95 bits per heavy atom. The van der Waals surface area contributed by atoms with Crippen molar-refractivity contribution in [2.45, 2.75) is 13.7 Å². The van der Waals surface area contributed by atoms with Gasteiger partial charge in [-0.15, -0.1) is 0 Å². The number of anilines is 2. The number of hydrogen-bond donors (Lipinski definition) is 0. The molecule has 0 radical (unpaired) electrons. The van der Waals surface area contributed by atoms with E-state index in [9.17, 15) is 0 Å². The summed E-state index contributed by atoms with van der Waals surface area (Å²) in [7, 11) is 2.08. The first-order valence-electron chi connectivity index (χ1n) is 7.60. The third-order valence-corrected chi connectivity index (χ3v) is 4.28. The van der Waals surface area contributed by atoms with Crippen LogP contribution in [0.15, 0.2) is 53.0 Å². The molecule has 1 aliphatic heterocycles. The van der Waals surface area contributed by atoms with Gasteiger partial charge in [-0.05, 0) is 31.4 Å². The average Bonchev–Trinajstić information content (AvgIpc) is 2.87. The fourth-order valence-corrected chi connectivity index (χ4v) is 3.20. The van der Waals surface area contributed by atoms with Crippen LogP contribution in [0.4, 0.5) is 11.7 Å². The van der Waals surface area contributed by atoms with Crippen LogP contribution in [0, 0.1) is 6.92 Å². The van der Waals surface area contributed by atoms with E-state index in [0.717, 1.165) is 22.8 Å². The molecule has 0 atom stereocenters. The van der Waals surface area contributed by atoms with Crippen molar-refractivity contribution in [3.05, 3.63) is 59.7 Å². The van der Waals surface area contributed by atoms with Crippen LogP contribution in [0.2, 0.25) is 6.82 Å². The summed E-state index contributed by atoms with van der Waals surface area (Å²) in [5.41, 5.74) is 3.34. The summed E-state index contributed by atoms with van der Waals surface area (Å²) in [6.07, 6.45) is 4.32. The Kier molecular flexibility index (Phi) is 2.86. The molecule has 2 aromatic heterocycles. The molecule has 0 saturated carbocycles. The molecule has 1 aromatic carbocycles. The zero-order valence-electron chi connectivity index (χ0n) is 13.1. The predicted octanol–water partition coefficient (Wildman–Crippen LogP) is 3.89. The van der Waals surface area contributed by atoms with Gasteiger partial charge < -0.3 is 4.42 Å². The second kappa shape index (κ2) is 4.77. The molecule has 0 spiro atoms. The Morgan fingerprint density at radius 3 is 2.77 bits per heavy atom. The van der Waals surface area contributed by atoms with Gasteiger partial charge in [0.05, 0.1) is 18.8 Å². The summed E-state index contributed by atoms with van der Waals surface area (Å²) >= 11 is 0. The van der Waals surface area contributed by atoms with Crippen LogP contribution in [-0.4, -0.2) is 6.85 Å². The fourth-order valence-electron chi connectivity index (χ4n) is 3.20. The standard InChI is InChI=1S/C18H18BN2O/c1-13-8-9-17(20(3)12-13)21-18-15(10-11-19(21)2)14-6-4-5-7-16(14)22-18/h4-12H,1-3H3/q+1. The molecule has 4 rings (SSSR count). The third kappa shape index (κ3) is 1.87. The molecular weight excluding hydrogens is 271 g/mol. The largest absolute Gasteiger partial charge is 0.423 e. The number of aromatic nitrogens is 1. The molecule has 1 aliphatic rings. The molecule has 22 heavy (non-hydrogen) atoms. The van der Waals surface area contributed by atoms with E-state index in [2.05, 4.69) is 72.7 Å². The molecule has 0 fully saturated rings. The number of benzene rings is 1. The van der Waals surface area contributed by atoms with E-state index in [1.165, 1.54) is 10.9 Å². The predicted molar refractivity (Wildman–Crippen MR) is 91.4 cm³/mol. The van der Waals surface area contributed by atoms with E-state index in [0.29, 0.717) is 0 Å². The minimum absolute atomic E-state index is 0.252. The lowest BCUT2D eigenvalue weighted by atomic mass is 9.61. The molecule has 0 amide bonds. The molecule has 3 nitrogen and oxygen atoms in total. The monoisotopic (exact) mass is 289 g/mol. The number of furan rings is 1. The maximum Gasteiger partial charge on any atom is 0.405 e. The molecule has 4 heteroatoms. The Labute approximate surface area is 130 Å². The summed E-state index contributed by atoms with van der Waals surface area (Å²) in [6.45, 7) is 4.55. The number of hydrogen-bond acceptors (Lipinski definition) is 2. The Morgan fingerprint density at radius 1 is 1.14 bits per heavy atom. The highest BCUT2D eigenvalue weighted by molar-refractivity contribution is 6.69. The van der Waals surface area contributed by atoms with E-state index in [1.54, 1.807) is 0 Å². The number of para-hydroxylation sites is 1. The lowest BCUT2D eigenvalue weighted by molar-refractivity contribution is -0.658. The lowest BCUT2D eigenvalue weighted by Gasteiger charge is -2.22. The van der Waals surface area contributed by atoms with Gasteiger partial charge in [-0.25, -0.2) is 4.57 Å². The zero-order chi connectivity index (χ0) is 15.3. The van der Waals surface area contributed by atoms with Crippen molar-refractivity contribution in [1.82, 2.24) is 0 Å². The van der Waals surface area contributed by atoms with Crippen molar-refractivity contribution in [3.63, 3.8) is 0 Å². The number of fused-ring (bicyclic) bond motifs is 3. The van der Waals surface area contributed by atoms with Gasteiger partial charge in [0.2, 0.25) is 0 Å². The van der Waals surface area contributed by atoms with Gasteiger partial charge in [-0.1, -0.05) is 30.3 Å². The van der Waals surface area contributed by atoms with Crippen molar-refractivity contribution in [2.75, 3.05) is 4.81 Å². The minimum atomic E-state index is 0.252. The van der Waals surface area contributed by atoms with Gasteiger partial charge in [0.15, 0.2) is 0 Å². The van der Waals surface area contributed by atoms with E-state index in [4.69, 9.17) is 4.42 Å². The second-order valence-electron chi connectivity index (χ2n) is 5.96. The first-order chi connectivity index (χ1) is 10.6. The zero-order valence-corrected chi connectivity index (χ0v) is 13.1. The van der Waals surface area contributed by atoms with Crippen molar-refractivity contribution in [2.24, 2.45) is 7.05 Å². The maximum atomic E-state index is 6.17. The molecule has 108 valence electrons. The number of pyridine rings is 1. The highest BCUT2D eigenvalue weighted by Crippen LogP contribution is 2.39. The van der Waals surface area contributed by atoms with Gasteiger partial charge in [-0.2, -0.15) is 0 Å². The molecule has 0 unspecified atom stereocenters. The van der Waals surface area contributed by atoms with Crippen molar-refractivity contribution in [1.29, 1.82) is 0 Å². The smallest absolute Gasteiger partial charge is 0.405 e. The van der Waals surface area contributed by atoms with Crippen LogP contribution in [-0.2, 0) is 7.05 Å². The quantitative estimate of drug-likeness (QED) is 0.500. The Hall–Kier alpha value is -2.49. The van der Waals surface area contributed by atoms with E-state index < -0.39 is 0 Å². The van der Waals surface area contributed by atoms with Gasteiger partial charge in [-0.3, -0.25) is 4.81 Å². The van der Waals surface area contributed by atoms with Crippen molar-refractivity contribution < 1.29 is 8.98 Å². The topological polar surface area (TPSA) is 20.3 Å². The normalized spacial score (nSPS) is 13.8. The summed E-state index contributed by atoms with van der Waals surface area (Å²) in [6, 6.07) is 12.5. The van der Waals surface area contributed by atoms with Crippen LogP contribution in [0.3, 0.4) is 0 Å². The first kappa shape index (κ1) is 13.2. The molecule has 0 bridgehead atoms. The Balaban J connectivity index is 1.96. The van der Waals surface area contributed by atoms with Gasteiger partial charge in [0.25, 0.3) is 11.7 Å². The molecule has 0 N–H and O–H groups in total. The van der Waals surface area contributed by atoms with Crippen LogP contribution >= 0.6 is 0 Å². The van der Waals surface area contributed by atoms with E-state index in [-0.39, 0.29) is 6.85 Å². The SMILES string of the molecule is CB1C=Cc2c(oc3ccccc23)N1c1ccc(C)c[n+]1C. The molecule has 3 aromatic rings. The third-order valence-electron chi connectivity index (χ3n) is 4.28. The van der Waals surface area contributed by atoms with Gasteiger partial charge in [0, 0.05) is 11.5 Å². The maximum absolute atomic E-state index is 6.17. The molecular formula is C18H18BN2O+. The van der Waals surface area contributed by atoms with Crippen LogP contribution < -0.4 is 9.38 Å². The van der Waals surface area contributed by atoms with Gasteiger partial charge in [0.1, 0.15) is 5.58 Å². The van der Waals surface area contributed by atoms with Crippen molar-refractivity contribution >= 4 is 35.6 Å². The highest BCUT2D eigenvalue weighted by atomic mass is 16.4. The van der Waals surface area contributed by atoms with E-state index in [1.807, 2.05) is 12.1 Å². The molecule has 3 heterocycles. The van der Waals surface area contributed by atoms with Crippen LogP contribution in [0.5, 0.6) is 0 Å². The lowest BCUT2D eigenvalue weighted by Crippen LogP contribution is -2.43. The fraction of sp³-hybridized carbons (Fsp3) is 0.167. The van der Waals surface area contributed by atoms with Crippen LogP contribution in [0.1, 0.15) is 11.1 Å². The number of rotatable bonds is 1. The number of aryl methyl sites for hydroxylation is 2. The average molecular weight is 289 g/mol. The minimum Gasteiger partial charge on any atom is -0.423 e. The second-order valence-corrected chi connectivity index (χ2v) is 5.96. The summed E-state index contributed by atoms with van der Waals surface area (Å²) in [4.78, 5) is 2.26.